The minimum atomic E-state index is -0.201. The number of nitrogen functional groups attached to an aromatic ring is 1. The summed E-state index contributed by atoms with van der Waals surface area (Å²) < 4.78 is 18.7. The van der Waals surface area contributed by atoms with Gasteiger partial charge in [-0.25, -0.2) is 4.39 Å². The normalized spacial score (nSPS) is 22.2. The predicted molar refractivity (Wildman–Crippen MR) is 95.7 cm³/mol. The Morgan fingerprint density at radius 2 is 1.96 bits per heavy atom. The SMILES string of the molecule is CC(c1cc(N)on1)C1CCC(c2ccnc3ccc(F)cc23)CC1. The van der Waals surface area contributed by atoms with Gasteiger partial charge in [-0.15, -0.1) is 0 Å². The fraction of sp³-hybridized carbons (Fsp3) is 0.400. The number of anilines is 1. The van der Waals surface area contributed by atoms with Crippen LogP contribution in [-0.2, 0) is 0 Å². The van der Waals surface area contributed by atoms with Crippen LogP contribution in [0.25, 0.3) is 10.9 Å². The third kappa shape index (κ3) is 3.11. The van der Waals surface area contributed by atoms with Crippen molar-refractivity contribution in [1.29, 1.82) is 0 Å². The van der Waals surface area contributed by atoms with Gasteiger partial charge in [-0.05, 0) is 67.3 Å². The lowest BCUT2D eigenvalue weighted by atomic mass is 9.73. The highest BCUT2D eigenvalue weighted by molar-refractivity contribution is 5.82. The molecule has 1 fully saturated rings. The standard InChI is InChI=1S/C20H22FN3O/c1-12(19-11-20(22)25-24-19)13-2-4-14(5-3-13)16-8-9-23-18-7-6-15(21)10-17(16)18/h6-14H,2-5,22H2,1H3. The van der Waals surface area contributed by atoms with Gasteiger partial charge in [0.1, 0.15) is 5.82 Å². The Hall–Kier alpha value is -2.43. The Labute approximate surface area is 146 Å². The fourth-order valence-corrected chi connectivity index (χ4v) is 4.19. The molecule has 0 bridgehead atoms. The van der Waals surface area contributed by atoms with E-state index in [2.05, 4.69) is 23.1 Å². The molecule has 1 aliphatic rings. The van der Waals surface area contributed by atoms with Crippen molar-refractivity contribution < 1.29 is 8.91 Å². The van der Waals surface area contributed by atoms with Gasteiger partial charge in [-0.3, -0.25) is 4.98 Å². The van der Waals surface area contributed by atoms with Crippen LogP contribution < -0.4 is 5.73 Å². The molecule has 1 unspecified atom stereocenters. The van der Waals surface area contributed by atoms with Crippen LogP contribution in [0.5, 0.6) is 0 Å². The molecule has 0 saturated heterocycles. The molecule has 0 spiro atoms. The van der Waals surface area contributed by atoms with E-state index in [0.717, 1.165) is 42.3 Å². The van der Waals surface area contributed by atoms with Crippen LogP contribution in [0.2, 0.25) is 0 Å². The van der Waals surface area contributed by atoms with Gasteiger partial charge >= 0.3 is 0 Å². The number of nitrogens with two attached hydrogens (primary N) is 1. The molecule has 2 aromatic heterocycles. The Balaban J connectivity index is 1.51. The minimum Gasteiger partial charge on any atom is -0.368 e. The first-order valence-corrected chi connectivity index (χ1v) is 8.88. The molecule has 1 aromatic carbocycles. The Kier molecular flexibility index (Phi) is 4.15. The lowest BCUT2D eigenvalue weighted by molar-refractivity contribution is 0.282. The zero-order chi connectivity index (χ0) is 17.4. The van der Waals surface area contributed by atoms with Gasteiger partial charge in [-0.2, -0.15) is 0 Å². The average molecular weight is 339 g/mol. The summed E-state index contributed by atoms with van der Waals surface area (Å²) in [5, 5.41) is 5.02. The first kappa shape index (κ1) is 16.1. The maximum absolute atomic E-state index is 13.7. The molecular formula is C20H22FN3O. The number of halogens is 1. The van der Waals surface area contributed by atoms with Crippen molar-refractivity contribution in [3.8, 4) is 0 Å². The third-order valence-corrected chi connectivity index (χ3v) is 5.67. The number of aromatic nitrogens is 2. The number of hydrogen-bond donors (Lipinski definition) is 1. The van der Waals surface area contributed by atoms with E-state index in [1.165, 1.54) is 11.6 Å². The van der Waals surface area contributed by atoms with Gasteiger partial charge in [0.25, 0.3) is 0 Å². The minimum absolute atomic E-state index is 0.201. The summed E-state index contributed by atoms with van der Waals surface area (Å²) in [7, 11) is 0. The van der Waals surface area contributed by atoms with Crippen LogP contribution in [0.4, 0.5) is 10.3 Å². The highest BCUT2D eigenvalue weighted by atomic mass is 19.1. The van der Waals surface area contributed by atoms with Crippen molar-refractivity contribution in [2.45, 2.75) is 44.4 Å². The van der Waals surface area contributed by atoms with Gasteiger partial charge in [0, 0.05) is 23.6 Å². The van der Waals surface area contributed by atoms with Crippen molar-refractivity contribution in [3.63, 3.8) is 0 Å². The molecule has 1 saturated carbocycles. The summed E-state index contributed by atoms with van der Waals surface area (Å²) in [6.45, 7) is 2.19. The van der Waals surface area contributed by atoms with Gasteiger partial charge in [0.05, 0.1) is 11.2 Å². The van der Waals surface area contributed by atoms with Crippen molar-refractivity contribution in [1.82, 2.24) is 10.1 Å². The monoisotopic (exact) mass is 339 g/mol. The molecule has 5 heteroatoms. The maximum Gasteiger partial charge on any atom is 0.222 e. The van der Waals surface area contributed by atoms with Crippen LogP contribution in [0.1, 0.15) is 55.7 Å². The molecule has 0 amide bonds. The summed E-state index contributed by atoms with van der Waals surface area (Å²) in [5.41, 5.74) is 8.68. The van der Waals surface area contributed by atoms with E-state index in [9.17, 15) is 4.39 Å². The molecular weight excluding hydrogens is 317 g/mol. The smallest absolute Gasteiger partial charge is 0.222 e. The molecule has 130 valence electrons. The molecule has 0 radical (unpaired) electrons. The van der Waals surface area contributed by atoms with E-state index in [1.807, 2.05) is 12.3 Å². The van der Waals surface area contributed by atoms with E-state index >= 15 is 0 Å². The number of hydrogen-bond acceptors (Lipinski definition) is 4. The quantitative estimate of drug-likeness (QED) is 0.727. The summed E-state index contributed by atoms with van der Waals surface area (Å²) in [6, 6.07) is 8.73. The fourth-order valence-electron chi connectivity index (χ4n) is 4.19. The molecule has 3 aromatic rings. The van der Waals surface area contributed by atoms with Gasteiger partial charge in [-0.1, -0.05) is 12.1 Å². The second-order valence-electron chi connectivity index (χ2n) is 7.12. The first-order chi connectivity index (χ1) is 12.1. The van der Waals surface area contributed by atoms with E-state index in [-0.39, 0.29) is 5.82 Å². The zero-order valence-corrected chi connectivity index (χ0v) is 14.3. The van der Waals surface area contributed by atoms with Crippen LogP contribution >= 0.6 is 0 Å². The molecule has 4 nitrogen and oxygen atoms in total. The second-order valence-corrected chi connectivity index (χ2v) is 7.12. The largest absolute Gasteiger partial charge is 0.368 e. The van der Waals surface area contributed by atoms with E-state index < -0.39 is 0 Å². The van der Waals surface area contributed by atoms with Gasteiger partial charge in [0.15, 0.2) is 0 Å². The van der Waals surface area contributed by atoms with E-state index in [4.69, 9.17) is 10.3 Å². The second kappa shape index (κ2) is 6.47. The van der Waals surface area contributed by atoms with Crippen molar-refractivity contribution >= 4 is 16.8 Å². The zero-order valence-electron chi connectivity index (χ0n) is 14.3. The van der Waals surface area contributed by atoms with Crippen LogP contribution in [0, 0.1) is 11.7 Å². The topological polar surface area (TPSA) is 64.9 Å². The Morgan fingerprint density at radius 1 is 1.16 bits per heavy atom. The third-order valence-electron chi connectivity index (χ3n) is 5.67. The number of nitrogens with zero attached hydrogens (tertiary/aromatic N) is 2. The molecule has 25 heavy (non-hydrogen) atoms. The highest BCUT2D eigenvalue weighted by Crippen LogP contribution is 2.43. The van der Waals surface area contributed by atoms with Crippen molar-refractivity contribution in [2.24, 2.45) is 5.92 Å². The molecule has 2 N–H and O–H groups in total. The summed E-state index contributed by atoms with van der Waals surface area (Å²) >= 11 is 0. The molecule has 1 atom stereocenters. The maximum atomic E-state index is 13.7. The molecule has 0 aliphatic heterocycles. The summed E-state index contributed by atoms with van der Waals surface area (Å²) in [6.07, 6.45) is 6.27. The lowest BCUT2D eigenvalue weighted by Gasteiger charge is -2.32. The first-order valence-electron chi connectivity index (χ1n) is 8.88. The molecule has 4 rings (SSSR count). The Bertz CT molecular complexity index is 884. The van der Waals surface area contributed by atoms with E-state index in [1.54, 1.807) is 12.1 Å². The summed E-state index contributed by atoms with van der Waals surface area (Å²) in [4.78, 5) is 4.37. The van der Waals surface area contributed by atoms with Crippen molar-refractivity contribution in [3.05, 3.63) is 53.6 Å². The number of fused-ring (bicyclic) bond motifs is 1. The average Bonchev–Trinajstić information content (AvgIpc) is 3.07. The van der Waals surface area contributed by atoms with Gasteiger partial charge in [0.2, 0.25) is 5.88 Å². The van der Waals surface area contributed by atoms with Crippen LogP contribution in [0.3, 0.4) is 0 Å². The molecule has 1 aliphatic carbocycles. The number of pyridine rings is 1. The molecule has 2 heterocycles. The van der Waals surface area contributed by atoms with Gasteiger partial charge < -0.3 is 10.3 Å². The summed E-state index contributed by atoms with van der Waals surface area (Å²) in [5.74, 6) is 1.55. The van der Waals surface area contributed by atoms with Crippen LogP contribution in [-0.4, -0.2) is 10.1 Å². The van der Waals surface area contributed by atoms with Crippen LogP contribution in [0.15, 0.2) is 41.1 Å². The number of rotatable bonds is 3. The highest BCUT2D eigenvalue weighted by Gasteiger charge is 2.29. The lowest BCUT2D eigenvalue weighted by Crippen LogP contribution is -2.18. The predicted octanol–water partition coefficient (Wildman–Crippen LogP) is 5.02. The number of benzene rings is 1. The van der Waals surface area contributed by atoms with E-state index in [0.29, 0.717) is 23.6 Å². The Morgan fingerprint density at radius 3 is 2.68 bits per heavy atom. The van der Waals surface area contributed by atoms with Crippen molar-refractivity contribution in [2.75, 3.05) is 5.73 Å².